The third-order valence-corrected chi connectivity index (χ3v) is 4.46. The molecule has 0 heterocycles. The van der Waals surface area contributed by atoms with Crippen LogP contribution in [-0.4, -0.2) is 38.5 Å². The summed E-state index contributed by atoms with van der Waals surface area (Å²) in [6.07, 6.45) is 2.24. The lowest BCUT2D eigenvalue weighted by Gasteiger charge is -2.24. The Balaban J connectivity index is 2.02. The van der Waals surface area contributed by atoms with Crippen molar-refractivity contribution < 1.29 is 22.7 Å². The van der Waals surface area contributed by atoms with E-state index < -0.39 is 27.1 Å². The van der Waals surface area contributed by atoms with Crippen molar-refractivity contribution in [3.05, 3.63) is 23.8 Å². The zero-order chi connectivity index (χ0) is 18.9. The van der Waals surface area contributed by atoms with Crippen molar-refractivity contribution in [1.82, 2.24) is 5.32 Å². The quantitative estimate of drug-likeness (QED) is 0.744. The van der Waals surface area contributed by atoms with Gasteiger partial charge >= 0.3 is 6.09 Å². The molecule has 1 aromatic rings. The predicted octanol–water partition coefficient (Wildman–Crippen LogP) is 2.25. The fraction of sp³-hybridized carbons (Fsp3) is 0.588. The molecule has 0 radical (unpaired) electrons. The van der Waals surface area contributed by atoms with Crippen LogP contribution in [-0.2, 0) is 20.3 Å². The summed E-state index contributed by atoms with van der Waals surface area (Å²) in [6, 6.07) is 4.90. The van der Waals surface area contributed by atoms with Crippen LogP contribution in [0.5, 0.6) is 5.75 Å². The minimum Gasteiger partial charge on any atom is -0.491 e. The zero-order valence-corrected chi connectivity index (χ0v) is 15.9. The van der Waals surface area contributed by atoms with Gasteiger partial charge in [0.05, 0.1) is 11.3 Å². The molecule has 1 amide bonds. The van der Waals surface area contributed by atoms with Crippen LogP contribution >= 0.6 is 0 Å². The maximum atomic E-state index is 11.9. The maximum absolute atomic E-state index is 11.9. The number of nitrogens with one attached hydrogen (secondary N) is 1. The predicted molar refractivity (Wildman–Crippen MR) is 96.2 cm³/mol. The number of carbonyl (C=O) groups is 1. The van der Waals surface area contributed by atoms with Gasteiger partial charge < -0.3 is 20.5 Å². The van der Waals surface area contributed by atoms with Crippen LogP contribution in [0.15, 0.2) is 18.2 Å². The monoisotopic (exact) mass is 370 g/mol. The molecule has 140 valence electrons. The molecule has 25 heavy (non-hydrogen) atoms. The number of hydrogen-bond acceptors (Lipinski definition) is 6. The summed E-state index contributed by atoms with van der Waals surface area (Å²) in [7, 11) is -3.22. The summed E-state index contributed by atoms with van der Waals surface area (Å²) in [5, 5.41) is 2.84. The SMILES string of the molecule is CC(C)(C)OC(=O)NC1(COc2ccc(N)cc2CS(C)(=O)=O)CC1. The molecular formula is C17H26N2O5S. The topological polar surface area (TPSA) is 108 Å². The molecule has 0 spiro atoms. The average Bonchev–Trinajstić information content (AvgIpc) is 3.13. The van der Waals surface area contributed by atoms with E-state index >= 15 is 0 Å². The van der Waals surface area contributed by atoms with Crippen molar-refractivity contribution in [2.75, 3.05) is 18.6 Å². The molecule has 1 aliphatic rings. The summed E-state index contributed by atoms with van der Waals surface area (Å²) < 4.78 is 34.2. The zero-order valence-electron chi connectivity index (χ0n) is 15.1. The first kappa shape index (κ1) is 19.4. The number of anilines is 1. The van der Waals surface area contributed by atoms with Gasteiger partial charge in [-0.05, 0) is 51.8 Å². The summed E-state index contributed by atoms with van der Waals surface area (Å²) in [4.78, 5) is 11.9. The molecule has 8 heteroatoms. The van der Waals surface area contributed by atoms with Crippen LogP contribution in [0.4, 0.5) is 10.5 Å². The van der Waals surface area contributed by atoms with Gasteiger partial charge in [0.1, 0.15) is 18.0 Å². The molecule has 0 aliphatic heterocycles. The first-order valence-corrected chi connectivity index (χ1v) is 10.1. The molecule has 7 nitrogen and oxygen atoms in total. The first-order chi connectivity index (χ1) is 11.4. The van der Waals surface area contributed by atoms with Gasteiger partial charge in [0.15, 0.2) is 9.84 Å². The second kappa shape index (κ2) is 6.74. The molecule has 0 saturated heterocycles. The van der Waals surface area contributed by atoms with E-state index in [-0.39, 0.29) is 12.4 Å². The van der Waals surface area contributed by atoms with Crippen LogP contribution in [0.25, 0.3) is 0 Å². The fourth-order valence-electron chi connectivity index (χ4n) is 2.33. The van der Waals surface area contributed by atoms with Crippen molar-refractivity contribution >= 4 is 21.6 Å². The second-order valence-electron chi connectivity index (χ2n) is 7.63. The lowest BCUT2D eigenvalue weighted by Crippen LogP contribution is -2.44. The van der Waals surface area contributed by atoms with E-state index in [0.29, 0.717) is 17.0 Å². The van der Waals surface area contributed by atoms with Crippen LogP contribution in [0, 0.1) is 0 Å². The fourth-order valence-corrected chi connectivity index (χ4v) is 3.12. The Kier molecular flexibility index (Phi) is 5.22. The van der Waals surface area contributed by atoms with Crippen molar-refractivity contribution in [3.63, 3.8) is 0 Å². The second-order valence-corrected chi connectivity index (χ2v) is 9.77. The van der Waals surface area contributed by atoms with Crippen LogP contribution in [0.1, 0.15) is 39.2 Å². The molecule has 1 aliphatic carbocycles. The number of alkyl carbamates (subject to hydrolysis) is 1. The Morgan fingerprint density at radius 1 is 1.32 bits per heavy atom. The van der Waals surface area contributed by atoms with E-state index in [9.17, 15) is 13.2 Å². The highest BCUT2D eigenvalue weighted by Gasteiger charge is 2.46. The maximum Gasteiger partial charge on any atom is 0.408 e. The molecule has 1 fully saturated rings. The number of ether oxygens (including phenoxy) is 2. The van der Waals surface area contributed by atoms with Crippen molar-refractivity contribution in [2.24, 2.45) is 0 Å². The van der Waals surface area contributed by atoms with E-state index in [2.05, 4.69) is 5.32 Å². The number of amides is 1. The molecule has 0 bridgehead atoms. The van der Waals surface area contributed by atoms with Gasteiger partial charge in [-0.1, -0.05) is 0 Å². The van der Waals surface area contributed by atoms with Crippen molar-refractivity contribution in [2.45, 2.75) is 50.5 Å². The van der Waals surface area contributed by atoms with E-state index in [1.807, 2.05) is 0 Å². The Hall–Kier alpha value is -1.96. The number of nitrogens with two attached hydrogens (primary N) is 1. The van der Waals surface area contributed by atoms with E-state index in [1.54, 1.807) is 39.0 Å². The molecule has 0 atom stereocenters. The smallest absolute Gasteiger partial charge is 0.408 e. The third kappa shape index (κ3) is 6.45. The molecule has 1 aromatic carbocycles. The minimum absolute atomic E-state index is 0.153. The van der Waals surface area contributed by atoms with E-state index in [0.717, 1.165) is 19.1 Å². The molecule has 1 saturated carbocycles. The normalized spacial score (nSPS) is 16.2. The van der Waals surface area contributed by atoms with Crippen molar-refractivity contribution in [3.8, 4) is 5.75 Å². The number of carbonyl (C=O) groups excluding carboxylic acids is 1. The summed E-state index contributed by atoms with van der Waals surface area (Å²) in [5.74, 6) is 0.303. The van der Waals surface area contributed by atoms with Crippen LogP contribution in [0.3, 0.4) is 0 Å². The number of hydrogen-bond donors (Lipinski definition) is 2. The van der Waals surface area contributed by atoms with E-state index in [4.69, 9.17) is 15.2 Å². The van der Waals surface area contributed by atoms with Crippen LogP contribution in [0.2, 0.25) is 0 Å². The molecule has 3 N–H and O–H groups in total. The molecule has 2 rings (SSSR count). The molecule has 0 aromatic heterocycles. The summed E-state index contributed by atoms with van der Waals surface area (Å²) in [5.41, 5.74) is 5.69. The Morgan fingerprint density at radius 2 is 1.96 bits per heavy atom. The van der Waals surface area contributed by atoms with Gasteiger partial charge in [-0.15, -0.1) is 0 Å². The largest absolute Gasteiger partial charge is 0.491 e. The van der Waals surface area contributed by atoms with Gasteiger partial charge in [-0.3, -0.25) is 0 Å². The number of benzene rings is 1. The number of rotatable bonds is 6. The Labute approximate surface area is 148 Å². The first-order valence-electron chi connectivity index (χ1n) is 8.08. The van der Waals surface area contributed by atoms with E-state index in [1.165, 1.54) is 0 Å². The number of nitrogen functional groups attached to an aromatic ring is 1. The lowest BCUT2D eigenvalue weighted by atomic mass is 10.2. The number of sulfone groups is 1. The Bertz CT molecular complexity index is 749. The van der Waals surface area contributed by atoms with Gasteiger partial charge in [0.25, 0.3) is 0 Å². The van der Waals surface area contributed by atoms with Gasteiger partial charge in [0, 0.05) is 17.5 Å². The highest BCUT2D eigenvalue weighted by molar-refractivity contribution is 7.89. The van der Waals surface area contributed by atoms with Gasteiger partial charge in [0.2, 0.25) is 0 Å². The highest BCUT2D eigenvalue weighted by Crippen LogP contribution is 2.37. The highest BCUT2D eigenvalue weighted by atomic mass is 32.2. The third-order valence-electron chi connectivity index (χ3n) is 3.63. The van der Waals surface area contributed by atoms with Crippen molar-refractivity contribution in [1.29, 1.82) is 0 Å². The minimum atomic E-state index is -3.22. The summed E-state index contributed by atoms with van der Waals surface area (Å²) >= 11 is 0. The molecule has 0 unspecified atom stereocenters. The van der Waals surface area contributed by atoms with Crippen LogP contribution < -0.4 is 15.8 Å². The standard InChI is InChI=1S/C17H26N2O5S/c1-16(2,3)24-15(20)19-17(7-8-17)11-23-14-6-5-13(18)9-12(14)10-25(4,21)22/h5-6,9H,7-8,10-11,18H2,1-4H3,(H,19,20). The average molecular weight is 370 g/mol. The van der Waals surface area contributed by atoms with Gasteiger partial charge in [-0.2, -0.15) is 0 Å². The Morgan fingerprint density at radius 3 is 2.48 bits per heavy atom. The summed E-state index contributed by atoms with van der Waals surface area (Å²) in [6.45, 7) is 5.64. The molecular weight excluding hydrogens is 344 g/mol. The van der Waals surface area contributed by atoms with Gasteiger partial charge in [-0.25, -0.2) is 13.2 Å². The lowest BCUT2D eigenvalue weighted by molar-refractivity contribution is 0.0477.